The summed E-state index contributed by atoms with van der Waals surface area (Å²) in [5, 5.41) is 2.18. The Morgan fingerprint density at radius 2 is 1.74 bits per heavy atom. The number of nitrogens with two attached hydrogens (primary N) is 1. The number of carbonyl (C=O) groups excluding carboxylic acids is 3. The van der Waals surface area contributed by atoms with Crippen LogP contribution in [0.1, 0.15) is 35.2 Å². The lowest BCUT2D eigenvalue weighted by molar-refractivity contribution is -0.163. The van der Waals surface area contributed by atoms with Crippen LogP contribution in [0, 0.1) is 0 Å². The van der Waals surface area contributed by atoms with Gasteiger partial charge in [-0.25, -0.2) is 5.01 Å². The average Bonchev–Trinajstić information content (AvgIpc) is 2.69. The van der Waals surface area contributed by atoms with Crippen LogP contribution in [0.3, 0.4) is 0 Å². The molecule has 1 aromatic carbocycles. The van der Waals surface area contributed by atoms with Crippen LogP contribution < -0.4 is 5.73 Å². The van der Waals surface area contributed by atoms with Gasteiger partial charge < -0.3 is 5.73 Å². The van der Waals surface area contributed by atoms with Crippen molar-refractivity contribution in [2.45, 2.75) is 25.8 Å². The quantitative estimate of drug-likeness (QED) is 0.593. The Labute approximate surface area is 109 Å². The number of hydrogen-bond donors (Lipinski definition) is 1. The number of imide groups is 1. The maximum Gasteiger partial charge on any atom is 0.273 e. The Morgan fingerprint density at radius 1 is 1.05 bits per heavy atom. The highest BCUT2D eigenvalue weighted by Gasteiger charge is 2.39. The average molecular weight is 259 g/mol. The molecule has 3 rings (SSSR count). The number of hydrazine groups is 1. The summed E-state index contributed by atoms with van der Waals surface area (Å²) in [5.74, 6) is -0.988. The predicted octanol–water partition coefficient (Wildman–Crippen LogP) is 0.679. The third kappa shape index (κ3) is 1.68. The van der Waals surface area contributed by atoms with Crippen LogP contribution >= 0.6 is 0 Å². The normalized spacial score (nSPS) is 19.1. The molecule has 19 heavy (non-hydrogen) atoms. The lowest BCUT2D eigenvalue weighted by Gasteiger charge is -2.32. The van der Waals surface area contributed by atoms with Gasteiger partial charge in [0.25, 0.3) is 5.91 Å². The number of rotatable bonds is 1. The van der Waals surface area contributed by atoms with Gasteiger partial charge in [-0.2, -0.15) is 5.01 Å². The summed E-state index contributed by atoms with van der Waals surface area (Å²) >= 11 is 0. The highest BCUT2D eigenvalue weighted by atomic mass is 16.2. The lowest BCUT2D eigenvalue weighted by Crippen LogP contribution is -2.52. The van der Waals surface area contributed by atoms with Crippen molar-refractivity contribution in [3.8, 4) is 0 Å². The number of anilines is 1. The molecule has 0 unspecified atom stereocenters. The monoisotopic (exact) mass is 259 g/mol. The molecule has 0 aromatic heterocycles. The van der Waals surface area contributed by atoms with Crippen LogP contribution in [-0.2, 0) is 16.1 Å². The minimum absolute atomic E-state index is 0.179. The Kier molecular flexibility index (Phi) is 2.51. The van der Waals surface area contributed by atoms with Gasteiger partial charge in [-0.3, -0.25) is 14.4 Å². The van der Waals surface area contributed by atoms with Crippen molar-refractivity contribution in [2.75, 3.05) is 5.73 Å². The molecule has 2 aliphatic heterocycles. The fourth-order valence-electron chi connectivity index (χ4n) is 2.51. The molecule has 0 spiro atoms. The summed E-state index contributed by atoms with van der Waals surface area (Å²) < 4.78 is 0. The first kappa shape index (κ1) is 11.7. The lowest BCUT2D eigenvalue weighted by atomic mass is 10.1. The van der Waals surface area contributed by atoms with E-state index in [2.05, 4.69) is 0 Å². The molecule has 2 heterocycles. The van der Waals surface area contributed by atoms with E-state index in [0.717, 1.165) is 5.01 Å². The van der Waals surface area contributed by atoms with E-state index in [4.69, 9.17) is 5.73 Å². The number of carbonyl (C=O) groups is 3. The standard InChI is InChI=1S/C13H13N3O3/c14-10-4-1-3-8-9(10)7-15(13(8)19)16-11(17)5-2-6-12(16)18/h1,3-4H,2,5-7,14H2. The van der Waals surface area contributed by atoms with Crippen LogP contribution in [0.25, 0.3) is 0 Å². The number of nitrogens with zero attached hydrogens (tertiary/aromatic N) is 2. The fourth-order valence-corrected chi connectivity index (χ4v) is 2.51. The summed E-state index contributed by atoms with van der Waals surface area (Å²) in [7, 11) is 0. The van der Waals surface area contributed by atoms with Crippen molar-refractivity contribution < 1.29 is 14.4 Å². The predicted molar refractivity (Wildman–Crippen MR) is 66.4 cm³/mol. The molecule has 6 nitrogen and oxygen atoms in total. The zero-order valence-electron chi connectivity index (χ0n) is 10.3. The molecule has 0 radical (unpaired) electrons. The van der Waals surface area contributed by atoms with Gasteiger partial charge in [-0.1, -0.05) is 6.07 Å². The molecule has 1 aromatic rings. The highest BCUT2D eigenvalue weighted by molar-refractivity contribution is 6.05. The van der Waals surface area contributed by atoms with Gasteiger partial charge >= 0.3 is 0 Å². The Morgan fingerprint density at radius 3 is 2.37 bits per heavy atom. The largest absolute Gasteiger partial charge is 0.398 e. The first-order chi connectivity index (χ1) is 9.09. The van der Waals surface area contributed by atoms with E-state index in [9.17, 15) is 14.4 Å². The first-order valence-corrected chi connectivity index (χ1v) is 6.14. The van der Waals surface area contributed by atoms with E-state index < -0.39 is 0 Å². The molecular weight excluding hydrogens is 246 g/mol. The van der Waals surface area contributed by atoms with E-state index in [1.165, 1.54) is 5.01 Å². The van der Waals surface area contributed by atoms with Crippen molar-refractivity contribution in [3.63, 3.8) is 0 Å². The molecule has 1 fully saturated rings. The third-order valence-corrected chi connectivity index (χ3v) is 3.48. The molecule has 0 atom stereocenters. The van der Waals surface area contributed by atoms with Gasteiger partial charge in [0.1, 0.15) is 0 Å². The summed E-state index contributed by atoms with van der Waals surface area (Å²) in [6.45, 7) is 0.179. The molecule has 0 saturated carbocycles. The SMILES string of the molecule is Nc1cccc2c1CN(N1C(=O)CCCC1=O)C2=O. The number of hydrogen-bond acceptors (Lipinski definition) is 4. The maximum absolute atomic E-state index is 12.3. The van der Waals surface area contributed by atoms with E-state index in [1.54, 1.807) is 18.2 Å². The summed E-state index contributed by atoms with van der Waals surface area (Å²) in [4.78, 5) is 36.0. The van der Waals surface area contributed by atoms with Gasteiger partial charge in [-0.05, 0) is 18.6 Å². The van der Waals surface area contributed by atoms with Crippen molar-refractivity contribution >= 4 is 23.4 Å². The second-order valence-corrected chi connectivity index (χ2v) is 4.69. The van der Waals surface area contributed by atoms with Gasteiger partial charge in [0, 0.05) is 29.7 Å². The molecule has 1 saturated heterocycles. The van der Waals surface area contributed by atoms with Crippen LogP contribution in [-0.4, -0.2) is 27.7 Å². The van der Waals surface area contributed by atoms with Crippen molar-refractivity contribution in [1.82, 2.24) is 10.0 Å². The number of nitrogen functional groups attached to an aromatic ring is 1. The van der Waals surface area contributed by atoms with Gasteiger partial charge in [-0.15, -0.1) is 0 Å². The van der Waals surface area contributed by atoms with Crippen molar-refractivity contribution in [2.24, 2.45) is 0 Å². The third-order valence-electron chi connectivity index (χ3n) is 3.48. The van der Waals surface area contributed by atoms with E-state index in [-0.39, 0.29) is 24.3 Å². The Hall–Kier alpha value is -2.37. The molecule has 3 amide bonds. The number of benzene rings is 1. The molecule has 2 aliphatic rings. The maximum atomic E-state index is 12.3. The number of fused-ring (bicyclic) bond motifs is 1. The number of piperidine rings is 1. The molecule has 2 N–H and O–H groups in total. The van der Waals surface area contributed by atoms with Gasteiger partial charge in [0.2, 0.25) is 11.8 Å². The minimum Gasteiger partial charge on any atom is -0.398 e. The van der Waals surface area contributed by atoms with E-state index in [0.29, 0.717) is 36.1 Å². The van der Waals surface area contributed by atoms with Gasteiger partial charge in [0.05, 0.1) is 6.54 Å². The smallest absolute Gasteiger partial charge is 0.273 e. The Bertz CT molecular complexity index is 581. The first-order valence-electron chi connectivity index (χ1n) is 6.14. The molecule has 6 heteroatoms. The Balaban J connectivity index is 1.97. The molecular formula is C13H13N3O3. The van der Waals surface area contributed by atoms with Crippen LogP contribution in [0.2, 0.25) is 0 Å². The van der Waals surface area contributed by atoms with Gasteiger partial charge in [0.15, 0.2) is 0 Å². The zero-order valence-corrected chi connectivity index (χ0v) is 10.3. The molecule has 0 bridgehead atoms. The van der Waals surface area contributed by atoms with E-state index >= 15 is 0 Å². The second-order valence-electron chi connectivity index (χ2n) is 4.69. The minimum atomic E-state index is -0.342. The molecule has 98 valence electrons. The summed E-state index contributed by atoms with van der Waals surface area (Å²) in [5.41, 5.74) is 7.48. The summed E-state index contributed by atoms with van der Waals surface area (Å²) in [6, 6.07) is 5.05. The van der Waals surface area contributed by atoms with E-state index in [1.807, 2.05) is 0 Å². The zero-order chi connectivity index (χ0) is 13.6. The van der Waals surface area contributed by atoms with Crippen LogP contribution in [0.15, 0.2) is 18.2 Å². The van der Waals surface area contributed by atoms with Crippen molar-refractivity contribution in [1.29, 1.82) is 0 Å². The van der Waals surface area contributed by atoms with Crippen LogP contribution in [0.5, 0.6) is 0 Å². The highest BCUT2D eigenvalue weighted by Crippen LogP contribution is 2.30. The number of amides is 3. The second kappa shape index (κ2) is 4.08. The molecule has 0 aliphatic carbocycles. The van der Waals surface area contributed by atoms with Crippen LogP contribution in [0.4, 0.5) is 5.69 Å². The summed E-state index contributed by atoms with van der Waals surface area (Å²) in [6.07, 6.45) is 1.13. The fraction of sp³-hybridized carbons (Fsp3) is 0.308. The van der Waals surface area contributed by atoms with Crippen molar-refractivity contribution in [3.05, 3.63) is 29.3 Å². The topological polar surface area (TPSA) is 83.7 Å².